The number of nitrogens with zero attached hydrogens (tertiary/aromatic N) is 7. The van der Waals surface area contributed by atoms with Gasteiger partial charge in [0.25, 0.3) is 0 Å². The van der Waals surface area contributed by atoms with Gasteiger partial charge in [0.15, 0.2) is 5.82 Å². The quantitative estimate of drug-likeness (QED) is 0.245. The molecule has 4 heterocycles. The number of nitrogens with one attached hydrogen (secondary N) is 2. The van der Waals surface area contributed by atoms with Crippen molar-refractivity contribution < 1.29 is 35.8 Å². The Labute approximate surface area is 225 Å². The van der Waals surface area contributed by atoms with Crippen LogP contribution >= 0.6 is 0 Å². The second-order valence-electron chi connectivity index (χ2n) is 9.20. The van der Waals surface area contributed by atoms with E-state index < -0.39 is 25.4 Å². The average molecular weight is 578 g/mol. The molecule has 0 bridgehead atoms. The first-order valence-electron chi connectivity index (χ1n) is 12.6. The van der Waals surface area contributed by atoms with Gasteiger partial charge in [-0.05, 0) is 19.4 Å². The molecule has 0 aromatic carbocycles. The fraction of sp³-hybridized carbons (Fsp3) is 0.609. The molecule has 1 saturated heterocycles. The van der Waals surface area contributed by atoms with Crippen molar-refractivity contribution in [2.75, 3.05) is 49.7 Å². The predicted molar refractivity (Wildman–Crippen MR) is 132 cm³/mol. The number of anilines is 3. The van der Waals surface area contributed by atoms with Gasteiger partial charge in [0.1, 0.15) is 35.5 Å². The Morgan fingerprint density at radius 2 is 1.93 bits per heavy atom. The first-order valence-corrected chi connectivity index (χ1v) is 12.6. The molecular formula is C23H29F6N9O2. The summed E-state index contributed by atoms with van der Waals surface area (Å²) in [6.45, 7) is 1.81. The van der Waals surface area contributed by atoms with Crippen molar-refractivity contribution >= 4 is 28.6 Å². The zero-order valence-electron chi connectivity index (χ0n) is 21.6. The number of fused-ring (bicyclic) bond motifs is 1. The van der Waals surface area contributed by atoms with Crippen molar-refractivity contribution in [1.82, 2.24) is 35.0 Å². The number of piperazine rings is 1. The van der Waals surface area contributed by atoms with Gasteiger partial charge in [0, 0.05) is 44.9 Å². The smallest absolute Gasteiger partial charge is 0.375 e. The monoisotopic (exact) mass is 577 g/mol. The van der Waals surface area contributed by atoms with Crippen LogP contribution in [0.15, 0.2) is 18.6 Å². The molecule has 40 heavy (non-hydrogen) atoms. The van der Waals surface area contributed by atoms with Gasteiger partial charge >= 0.3 is 12.4 Å². The van der Waals surface area contributed by atoms with E-state index in [-0.39, 0.29) is 44.6 Å². The van der Waals surface area contributed by atoms with Crippen LogP contribution in [0.1, 0.15) is 25.5 Å². The first kappa shape index (κ1) is 29.7. The van der Waals surface area contributed by atoms with E-state index in [1.165, 1.54) is 17.2 Å². The summed E-state index contributed by atoms with van der Waals surface area (Å²) in [5, 5.41) is 10.9. The number of ether oxygens (including phenoxy) is 2. The summed E-state index contributed by atoms with van der Waals surface area (Å²) >= 11 is 0. The third-order valence-corrected chi connectivity index (χ3v) is 5.83. The van der Waals surface area contributed by atoms with Crippen LogP contribution in [-0.4, -0.2) is 87.6 Å². The number of hydrogen-bond donors (Lipinski definition) is 2. The lowest BCUT2D eigenvalue weighted by Gasteiger charge is -2.32. The zero-order chi connectivity index (χ0) is 28.8. The molecule has 0 unspecified atom stereocenters. The van der Waals surface area contributed by atoms with E-state index in [1.54, 1.807) is 6.07 Å². The normalized spacial score (nSPS) is 16.6. The molecule has 4 rings (SSSR count). The summed E-state index contributed by atoms with van der Waals surface area (Å²) in [6, 6.07) is 1.77. The summed E-state index contributed by atoms with van der Waals surface area (Å²) in [5.41, 5.74) is 1.00. The summed E-state index contributed by atoms with van der Waals surface area (Å²) < 4.78 is 87.0. The number of aromatic nitrogens is 6. The minimum atomic E-state index is -4.49. The standard InChI is InChI=1S/C23H29F6N9O2/c1-15-11-37(7-6-31-15)21-34-18-16(12-39-9-2-4-22(24,25)26)36-38(8-10-40-13-23(27,28)29)19(18)20(35-21)33-17-3-5-30-14-32-17/h3,5,14-15,31H,2,4,6-13H2,1H3,(H,30,32,33,34,35)/t15-/m0/s1. The fourth-order valence-corrected chi connectivity index (χ4v) is 4.10. The Morgan fingerprint density at radius 1 is 1.10 bits per heavy atom. The molecule has 2 N–H and O–H groups in total. The van der Waals surface area contributed by atoms with E-state index in [0.717, 1.165) is 0 Å². The van der Waals surface area contributed by atoms with Crippen LogP contribution in [0.4, 0.5) is 43.9 Å². The van der Waals surface area contributed by atoms with Gasteiger partial charge in [0.2, 0.25) is 5.95 Å². The van der Waals surface area contributed by atoms with Crippen LogP contribution in [0, 0.1) is 0 Å². The molecular weight excluding hydrogens is 548 g/mol. The molecule has 11 nitrogen and oxygen atoms in total. The maximum absolute atomic E-state index is 12.6. The Morgan fingerprint density at radius 3 is 2.62 bits per heavy atom. The lowest BCUT2D eigenvalue weighted by molar-refractivity contribution is -0.174. The van der Waals surface area contributed by atoms with Crippen molar-refractivity contribution in [3.63, 3.8) is 0 Å². The molecule has 1 aliphatic rings. The Balaban J connectivity index is 1.68. The maximum Gasteiger partial charge on any atom is 0.411 e. The molecule has 1 aliphatic heterocycles. The van der Waals surface area contributed by atoms with Gasteiger partial charge < -0.3 is 25.0 Å². The average Bonchev–Trinajstić information content (AvgIpc) is 3.23. The largest absolute Gasteiger partial charge is 0.411 e. The minimum Gasteiger partial charge on any atom is -0.375 e. The fourth-order valence-electron chi connectivity index (χ4n) is 4.10. The van der Waals surface area contributed by atoms with E-state index in [1.807, 2.05) is 11.8 Å². The highest BCUT2D eigenvalue weighted by Crippen LogP contribution is 2.29. The molecule has 17 heteroatoms. The van der Waals surface area contributed by atoms with Crippen LogP contribution in [-0.2, 0) is 22.6 Å². The van der Waals surface area contributed by atoms with Gasteiger partial charge in [-0.25, -0.2) is 15.0 Å². The van der Waals surface area contributed by atoms with Crippen LogP contribution in [0.3, 0.4) is 0 Å². The van der Waals surface area contributed by atoms with Gasteiger partial charge in [-0.2, -0.15) is 36.4 Å². The Bertz CT molecular complexity index is 1240. The zero-order valence-corrected chi connectivity index (χ0v) is 21.6. The van der Waals surface area contributed by atoms with E-state index in [0.29, 0.717) is 48.1 Å². The molecule has 0 aliphatic carbocycles. The molecule has 0 saturated carbocycles. The van der Waals surface area contributed by atoms with Gasteiger partial charge in [-0.1, -0.05) is 0 Å². The van der Waals surface area contributed by atoms with Gasteiger partial charge in [0.05, 0.1) is 19.8 Å². The third-order valence-electron chi connectivity index (χ3n) is 5.83. The number of hydrogen-bond acceptors (Lipinski definition) is 10. The van der Waals surface area contributed by atoms with Crippen molar-refractivity contribution in [2.24, 2.45) is 0 Å². The van der Waals surface area contributed by atoms with Crippen molar-refractivity contribution in [1.29, 1.82) is 0 Å². The molecule has 3 aromatic heterocycles. The summed E-state index contributed by atoms with van der Waals surface area (Å²) in [7, 11) is 0. The van der Waals surface area contributed by atoms with Crippen LogP contribution < -0.4 is 15.5 Å². The van der Waals surface area contributed by atoms with Crippen molar-refractivity contribution in [3.05, 3.63) is 24.3 Å². The highest BCUT2D eigenvalue weighted by Gasteiger charge is 2.28. The highest BCUT2D eigenvalue weighted by atomic mass is 19.4. The van der Waals surface area contributed by atoms with E-state index >= 15 is 0 Å². The predicted octanol–water partition coefficient (Wildman–Crippen LogP) is 3.60. The van der Waals surface area contributed by atoms with Crippen molar-refractivity contribution in [3.8, 4) is 0 Å². The topological polar surface area (TPSA) is 115 Å². The molecule has 1 fully saturated rings. The summed E-state index contributed by atoms with van der Waals surface area (Å²) in [5.74, 6) is 1.07. The number of alkyl halides is 6. The molecule has 220 valence electrons. The Hall–Kier alpha value is -3.31. The second-order valence-corrected chi connectivity index (χ2v) is 9.20. The second kappa shape index (κ2) is 12.9. The van der Waals surface area contributed by atoms with E-state index in [2.05, 4.69) is 25.7 Å². The van der Waals surface area contributed by atoms with Gasteiger partial charge in [-0.3, -0.25) is 4.68 Å². The van der Waals surface area contributed by atoms with Gasteiger partial charge in [-0.15, -0.1) is 0 Å². The van der Waals surface area contributed by atoms with E-state index in [4.69, 9.17) is 19.4 Å². The molecule has 1 atom stereocenters. The molecule has 0 amide bonds. The SMILES string of the molecule is C[C@H]1CN(c2nc(Nc3ccncn3)c3c(n2)c(COCCCC(F)(F)F)nn3CCOCC(F)(F)F)CCN1. The lowest BCUT2D eigenvalue weighted by atomic mass is 10.2. The first-order chi connectivity index (χ1) is 19.0. The van der Waals surface area contributed by atoms with Crippen LogP contribution in [0.2, 0.25) is 0 Å². The van der Waals surface area contributed by atoms with E-state index in [9.17, 15) is 26.3 Å². The minimum absolute atomic E-state index is 0.0769. The highest BCUT2D eigenvalue weighted by molar-refractivity contribution is 5.90. The number of halogens is 6. The van der Waals surface area contributed by atoms with Crippen LogP contribution in [0.5, 0.6) is 0 Å². The summed E-state index contributed by atoms with van der Waals surface area (Å²) in [4.78, 5) is 19.4. The molecule has 0 spiro atoms. The summed E-state index contributed by atoms with van der Waals surface area (Å²) in [6.07, 6.45) is -7.14. The Kier molecular flexibility index (Phi) is 9.57. The molecule has 0 radical (unpaired) electrons. The molecule has 3 aromatic rings. The third kappa shape index (κ3) is 8.59. The van der Waals surface area contributed by atoms with Crippen molar-refractivity contribution in [2.45, 2.75) is 51.3 Å². The maximum atomic E-state index is 12.6. The number of rotatable bonds is 12. The lowest BCUT2D eigenvalue weighted by Crippen LogP contribution is -2.49. The van der Waals surface area contributed by atoms with Crippen LogP contribution in [0.25, 0.3) is 11.0 Å².